The smallest absolute Gasteiger partial charge is 0.321 e. The van der Waals surface area contributed by atoms with E-state index in [1.54, 1.807) is 11.3 Å². The van der Waals surface area contributed by atoms with Gasteiger partial charge in [-0.2, -0.15) is 0 Å². The van der Waals surface area contributed by atoms with Crippen LogP contribution in [0.25, 0.3) is 10.8 Å². The highest BCUT2D eigenvalue weighted by Gasteiger charge is 2.22. The van der Waals surface area contributed by atoms with Gasteiger partial charge in [0.15, 0.2) is 0 Å². The fraction of sp³-hybridized carbons (Fsp3) is 0.300. The number of amides is 2. The lowest BCUT2D eigenvalue weighted by atomic mass is 10.1. The Morgan fingerprint density at radius 3 is 2.65 bits per heavy atom. The van der Waals surface area contributed by atoms with Gasteiger partial charge in [0.25, 0.3) is 0 Å². The third-order valence-electron chi connectivity index (χ3n) is 4.74. The van der Waals surface area contributed by atoms with Gasteiger partial charge in [-0.15, -0.1) is 11.3 Å². The Bertz CT molecular complexity index is 910. The van der Waals surface area contributed by atoms with Crippen molar-refractivity contribution in [2.45, 2.75) is 13.5 Å². The molecular weight excluding hydrogens is 344 g/mol. The van der Waals surface area contributed by atoms with E-state index >= 15 is 0 Å². The van der Waals surface area contributed by atoms with E-state index in [1.807, 2.05) is 42.2 Å². The zero-order valence-electron chi connectivity index (χ0n) is 14.8. The lowest BCUT2D eigenvalue weighted by Crippen LogP contribution is -2.49. The Balaban J connectivity index is 1.36. The minimum absolute atomic E-state index is 0.0227. The maximum atomic E-state index is 12.7. The molecule has 3 aromatic rings. The molecule has 1 fully saturated rings. The summed E-state index contributed by atoms with van der Waals surface area (Å²) in [6.07, 6.45) is 0. The number of nitrogens with zero attached hydrogens (tertiary/aromatic N) is 3. The number of hydrogen-bond donors (Lipinski definition) is 1. The van der Waals surface area contributed by atoms with Crippen LogP contribution < -0.4 is 5.32 Å². The fourth-order valence-corrected chi connectivity index (χ4v) is 3.95. The summed E-state index contributed by atoms with van der Waals surface area (Å²) in [5.74, 6) is 0. The predicted octanol–water partition coefficient (Wildman–Crippen LogP) is 3.95. The van der Waals surface area contributed by atoms with Gasteiger partial charge >= 0.3 is 6.03 Å². The van der Waals surface area contributed by atoms with Crippen molar-refractivity contribution in [2.24, 2.45) is 0 Å². The number of carbonyl (C=O) groups excluding carboxylic acids is 1. The Morgan fingerprint density at radius 1 is 1.12 bits per heavy atom. The van der Waals surface area contributed by atoms with Crippen molar-refractivity contribution in [3.8, 4) is 0 Å². The number of rotatable bonds is 3. The van der Waals surface area contributed by atoms with E-state index in [4.69, 9.17) is 0 Å². The number of carbonyl (C=O) groups is 1. The molecule has 0 radical (unpaired) electrons. The zero-order valence-corrected chi connectivity index (χ0v) is 15.6. The molecule has 1 saturated heterocycles. The van der Waals surface area contributed by atoms with Gasteiger partial charge < -0.3 is 10.2 Å². The maximum Gasteiger partial charge on any atom is 0.321 e. The van der Waals surface area contributed by atoms with Crippen molar-refractivity contribution < 1.29 is 4.79 Å². The van der Waals surface area contributed by atoms with Crippen LogP contribution in [0.5, 0.6) is 0 Å². The standard InChI is InChI=1S/C20H22N4OS/c1-15-21-17(14-26-15)13-23-9-11-24(12-10-23)20(25)22-19-8-4-6-16-5-2-3-7-18(16)19/h2-8,14H,9-13H2,1H3,(H,22,25). The second kappa shape index (κ2) is 7.43. The number of aromatic nitrogens is 1. The summed E-state index contributed by atoms with van der Waals surface area (Å²) in [5.41, 5.74) is 2.00. The van der Waals surface area contributed by atoms with Gasteiger partial charge in [0, 0.05) is 43.5 Å². The second-order valence-corrected chi connectivity index (χ2v) is 7.64. The van der Waals surface area contributed by atoms with Crippen LogP contribution in [-0.4, -0.2) is 47.0 Å². The lowest BCUT2D eigenvalue weighted by Gasteiger charge is -2.34. The summed E-state index contributed by atoms with van der Waals surface area (Å²) in [7, 11) is 0. The summed E-state index contributed by atoms with van der Waals surface area (Å²) >= 11 is 1.69. The molecule has 5 nitrogen and oxygen atoms in total. The Labute approximate surface area is 157 Å². The molecule has 2 amide bonds. The van der Waals surface area contributed by atoms with E-state index in [2.05, 4.69) is 32.7 Å². The van der Waals surface area contributed by atoms with Crippen molar-refractivity contribution in [1.29, 1.82) is 0 Å². The fourth-order valence-electron chi connectivity index (χ4n) is 3.35. The summed E-state index contributed by atoms with van der Waals surface area (Å²) in [6.45, 7) is 6.12. The highest BCUT2D eigenvalue weighted by molar-refractivity contribution is 7.09. The van der Waals surface area contributed by atoms with E-state index in [0.29, 0.717) is 0 Å². The molecule has 26 heavy (non-hydrogen) atoms. The first-order chi connectivity index (χ1) is 12.7. The maximum absolute atomic E-state index is 12.7. The number of piperazine rings is 1. The van der Waals surface area contributed by atoms with Gasteiger partial charge in [-0.1, -0.05) is 36.4 Å². The Morgan fingerprint density at radius 2 is 1.88 bits per heavy atom. The molecule has 1 aliphatic rings. The van der Waals surface area contributed by atoms with Gasteiger partial charge in [0.05, 0.1) is 16.4 Å². The average molecular weight is 366 g/mol. The van der Waals surface area contributed by atoms with Crippen LogP contribution in [0.15, 0.2) is 47.8 Å². The van der Waals surface area contributed by atoms with Gasteiger partial charge in [-0.25, -0.2) is 9.78 Å². The van der Waals surface area contributed by atoms with E-state index in [9.17, 15) is 4.79 Å². The molecule has 1 aliphatic heterocycles. The van der Waals surface area contributed by atoms with E-state index in [1.165, 1.54) is 0 Å². The molecule has 1 aromatic heterocycles. The minimum Gasteiger partial charge on any atom is -0.322 e. The Kier molecular flexibility index (Phi) is 4.86. The van der Waals surface area contributed by atoms with Crippen LogP contribution in [-0.2, 0) is 6.54 Å². The van der Waals surface area contributed by atoms with Crippen LogP contribution >= 0.6 is 11.3 Å². The van der Waals surface area contributed by atoms with Gasteiger partial charge in [-0.3, -0.25) is 4.90 Å². The first-order valence-electron chi connectivity index (χ1n) is 8.86. The van der Waals surface area contributed by atoms with Crippen molar-refractivity contribution in [3.63, 3.8) is 0 Å². The van der Waals surface area contributed by atoms with Crippen LogP contribution in [0.2, 0.25) is 0 Å². The average Bonchev–Trinajstić information content (AvgIpc) is 3.07. The number of anilines is 1. The lowest BCUT2D eigenvalue weighted by molar-refractivity contribution is 0.142. The highest BCUT2D eigenvalue weighted by Crippen LogP contribution is 2.23. The number of nitrogens with one attached hydrogen (secondary N) is 1. The van der Waals surface area contributed by atoms with Crippen LogP contribution in [0, 0.1) is 6.92 Å². The minimum atomic E-state index is -0.0227. The van der Waals surface area contributed by atoms with E-state index in [0.717, 1.165) is 59.9 Å². The molecule has 134 valence electrons. The van der Waals surface area contributed by atoms with Crippen LogP contribution in [0.1, 0.15) is 10.7 Å². The van der Waals surface area contributed by atoms with Crippen molar-refractivity contribution in [2.75, 3.05) is 31.5 Å². The molecule has 0 atom stereocenters. The van der Waals surface area contributed by atoms with Crippen LogP contribution in [0.3, 0.4) is 0 Å². The number of hydrogen-bond acceptors (Lipinski definition) is 4. The zero-order chi connectivity index (χ0) is 17.9. The molecule has 1 N–H and O–H groups in total. The molecular formula is C20H22N4OS. The molecule has 0 spiro atoms. The first-order valence-corrected chi connectivity index (χ1v) is 9.74. The predicted molar refractivity (Wildman–Crippen MR) is 107 cm³/mol. The normalized spacial score (nSPS) is 15.3. The monoisotopic (exact) mass is 366 g/mol. The summed E-state index contributed by atoms with van der Waals surface area (Å²) in [5, 5.41) is 8.51. The first kappa shape index (κ1) is 17.0. The third kappa shape index (κ3) is 3.71. The summed E-state index contributed by atoms with van der Waals surface area (Å²) < 4.78 is 0. The molecule has 0 saturated carbocycles. The van der Waals surface area contributed by atoms with Gasteiger partial charge in [0.2, 0.25) is 0 Å². The number of aryl methyl sites for hydroxylation is 1. The van der Waals surface area contributed by atoms with Crippen molar-refractivity contribution >= 4 is 33.8 Å². The van der Waals surface area contributed by atoms with Crippen molar-refractivity contribution in [3.05, 3.63) is 58.5 Å². The molecule has 2 heterocycles. The number of thiazole rings is 1. The quantitative estimate of drug-likeness (QED) is 0.763. The van der Waals surface area contributed by atoms with Crippen molar-refractivity contribution in [1.82, 2.24) is 14.8 Å². The number of urea groups is 1. The largest absolute Gasteiger partial charge is 0.322 e. The number of benzene rings is 2. The molecule has 2 aromatic carbocycles. The van der Waals surface area contributed by atoms with E-state index in [-0.39, 0.29) is 6.03 Å². The third-order valence-corrected chi connectivity index (χ3v) is 5.57. The Hall–Kier alpha value is -2.44. The molecule has 0 unspecified atom stereocenters. The molecule has 4 rings (SSSR count). The van der Waals surface area contributed by atoms with Gasteiger partial charge in [-0.05, 0) is 18.4 Å². The van der Waals surface area contributed by atoms with Gasteiger partial charge in [0.1, 0.15) is 0 Å². The van der Waals surface area contributed by atoms with E-state index < -0.39 is 0 Å². The van der Waals surface area contributed by atoms with Crippen LogP contribution in [0.4, 0.5) is 10.5 Å². The number of fused-ring (bicyclic) bond motifs is 1. The topological polar surface area (TPSA) is 48.5 Å². The second-order valence-electron chi connectivity index (χ2n) is 6.58. The SMILES string of the molecule is Cc1nc(CN2CCN(C(=O)Nc3cccc4ccccc34)CC2)cs1. The molecule has 0 aliphatic carbocycles. The summed E-state index contributed by atoms with van der Waals surface area (Å²) in [4.78, 5) is 21.4. The molecule has 6 heteroatoms. The highest BCUT2D eigenvalue weighted by atomic mass is 32.1. The molecule has 0 bridgehead atoms. The summed E-state index contributed by atoms with van der Waals surface area (Å²) in [6, 6.07) is 14.1.